The zero-order chi connectivity index (χ0) is 15.6. The van der Waals surface area contributed by atoms with Gasteiger partial charge in [-0.15, -0.1) is 0 Å². The van der Waals surface area contributed by atoms with Gasteiger partial charge in [0.2, 0.25) is 0 Å². The lowest BCUT2D eigenvalue weighted by Crippen LogP contribution is -2.38. The lowest BCUT2D eigenvalue weighted by molar-refractivity contribution is 0.762. The molecule has 0 spiro atoms. The Morgan fingerprint density at radius 1 is 1.24 bits per heavy atom. The van der Waals surface area contributed by atoms with E-state index in [1.54, 1.807) is 18.2 Å². The first-order valence-electron chi connectivity index (χ1n) is 6.85. The van der Waals surface area contributed by atoms with Crippen LogP contribution in [0.2, 0.25) is 0 Å². The molecule has 0 fully saturated rings. The van der Waals surface area contributed by atoms with Gasteiger partial charge in [-0.25, -0.2) is 0 Å². The van der Waals surface area contributed by atoms with Gasteiger partial charge in [0.25, 0.3) is 10.9 Å². The van der Waals surface area contributed by atoms with Crippen LogP contribution >= 0.6 is 0 Å². The van der Waals surface area contributed by atoms with Crippen LogP contribution in [0, 0.1) is 18.3 Å². The molecule has 0 aromatic heterocycles. The first-order valence-corrected chi connectivity index (χ1v) is 6.85. The van der Waals surface area contributed by atoms with Crippen LogP contribution in [0.5, 0.6) is 0 Å². The molecular formula is C16H17N3O2. The summed E-state index contributed by atoms with van der Waals surface area (Å²) in [5.74, 6) is 0. The van der Waals surface area contributed by atoms with Crippen LogP contribution in [-0.4, -0.2) is 6.04 Å². The van der Waals surface area contributed by atoms with Gasteiger partial charge in [0.05, 0.1) is 11.6 Å². The Labute approximate surface area is 122 Å². The fourth-order valence-corrected chi connectivity index (χ4v) is 2.01. The molecule has 0 aliphatic carbocycles. The van der Waals surface area contributed by atoms with Crippen LogP contribution in [0.15, 0.2) is 27.8 Å². The van der Waals surface area contributed by atoms with E-state index in [0.717, 1.165) is 12.0 Å². The molecule has 0 heterocycles. The summed E-state index contributed by atoms with van der Waals surface area (Å²) < 4.78 is 0. The fourth-order valence-electron chi connectivity index (χ4n) is 2.01. The number of benzene rings is 1. The van der Waals surface area contributed by atoms with Crippen molar-refractivity contribution in [1.82, 2.24) is 0 Å². The minimum absolute atomic E-state index is 0.122. The summed E-state index contributed by atoms with van der Waals surface area (Å²) in [7, 11) is 0. The Balaban J connectivity index is 2.27. The number of hydrogen-bond acceptors (Lipinski definition) is 5. The fraction of sp³-hybridized carbons (Fsp3) is 0.312. The van der Waals surface area contributed by atoms with Crippen molar-refractivity contribution in [3.8, 4) is 6.07 Å². The Morgan fingerprint density at radius 2 is 1.90 bits per heavy atom. The van der Waals surface area contributed by atoms with E-state index in [2.05, 4.69) is 16.7 Å². The molecule has 0 aliphatic rings. The maximum absolute atomic E-state index is 11.7. The minimum Gasteiger partial charge on any atom is -0.378 e. The lowest BCUT2D eigenvalue weighted by Gasteiger charge is -2.18. The van der Waals surface area contributed by atoms with Crippen molar-refractivity contribution in [2.75, 3.05) is 10.6 Å². The van der Waals surface area contributed by atoms with Crippen molar-refractivity contribution in [2.45, 2.75) is 33.2 Å². The predicted octanol–water partition coefficient (Wildman–Crippen LogP) is 2.42. The van der Waals surface area contributed by atoms with Gasteiger partial charge >= 0.3 is 0 Å². The van der Waals surface area contributed by atoms with Gasteiger partial charge in [-0.3, -0.25) is 9.59 Å². The van der Waals surface area contributed by atoms with E-state index in [-0.39, 0.29) is 6.04 Å². The van der Waals surface area contributed by atoms with Gasteiger partial charge in [0.15, 0.2) is 0 Å². The summed E-state index contributed by atoms with van der Waals surface area (Å²) in [5, 5.41) is 14.9. The molecule has 5 nitrogen and oxygen atoms in total. The molecule has 2 aromatic rings. The molecule has 0 bridgehead atoms. The number of rotatable bonds is 5. The summed E-state index contributed by atoms with van der Waals surface area (Å²) in [6.07, 6.45) is 0.855. The van der Waals surface area contributed by atoms with E-state index in [1.165, 1.54) is 0 Å². The summed E-state index contributed by atoms with van der Waals surface area (Å²) in [5.41, 5.74) is 1.73. The van der Waals surface area contributed by atoms with E-state index in [1.807, 2.05) is 20.8 Å². The minimum atomic E-state index is -0.511. The Kier molecular flexibility index (Phi) is 4.08. The molecule has 2 rings (SSSR count). The van der Waals surface area contributed by atoms with Crippen LogP contribution in [0.1, 0.15) is 31.4 Å². The zero-order valence-corrected chi connectivity index (χ0v) is 12.3. The molecule has 0 aliphatic heterocycles. The first kappa shape index (κ1) is 14.8. The monoisotopic (exact) mass is 283 g/mol. The predicted molar refractivity (Wildman–Crippen MR) is 83.9 cm³/mol. The Bertz CT molecular complexity index is 780. The first-order chi connectivity index (χ1) is 9.97. The quantitative estimate of drug-likeness (QED) is 0.823. The molecule has 0 saturated heterocycles. The topological polar surface area (TPSA) is 82.0 Å². The van der Waals surface area contributed by atoms with Gasteiger partial charge in [-0.2, -0.15) is 5.26 Å². The van der Waals surface area contributed by atoms with Crippen molar-refractivity contribution in [3.05, 3.63) is 49.8 Å². The van der Waals surface area contributed by atoms with Gasteiger partial charge in [0, 0.05) is 11.7 Å². The summed E-state index contributed by atoms with van der Waals surface area (Å²) >= 11 is 0. The molecule has 108 valence electrons. The van der Waals surface area contributed by atoms with Crippen LogP contribution in [0.3, 0.4) is 0 Å². The molecule has 5 heteroatoms. The second kappa shape index (κ2) is 5.80. The Morgan fingerprint density at radius 3 is 2.48 bits per heavy atom. The third-order valence-corrected chi connectivity index (χ3v) is 3.53. The average molecular weight is 283 g/mol. The van der Waals surface area contributed by atoms with Crippen LogP contribution < -0.4 is 21.5 Å². The lowest BCUT2D eigenvalue weighted by atomic mass is 10.1. The molecule has 2 N–H and O–H groups in total. The van der Waals surface area contributed by atoms with E-state index in [4.69, 9.17) is 5.26 Å². The van der Waals surface area contributed by atoms with Crippen molar-refractivity contribution in [3.63, 3.8) is 0 Å². The number of aryl methyl sites for hydroxylation is 1. The molecule has 0 unspecified atom stereocenters. The maximum Gasteiger partial charge on any atom is 0.253 e. The van der Waals surface area contributed by atoms with Crippen LogP contribution in [0.25, 0.3) is 0 Å². The molecule has 0 amide bonds. The number of hydrogen-bond donors (Lipinski definition) is 2. The summed E-state index contributed by atoms with van der Waals surface area (Å²) in [4.78, 5) is 23.3. The van der Waals surface area contributed by atoms with Crippen molar-refractivity contribution < 1.29 is 0 Å². The third-order valence-electron chi connectivity index (χ3n) is 3.53. The molecule has 1 atom stereocenters. The molecular weight excluding hydrogens is 266 g/mol. The second-order valence-electron chi connectivity index (χ2n) is 5.13. The van der Waals surface area contributed by atoms with Gasteiger partial charge in [-0.05, 0) is 44.0 Å². The highest BCUT2D eigenvalue weighted by Crippen LogP contribution is 2.23. The van der Waals surface area contributed by atoms with Crippen LogP contribution in [0.4, 0.5) is 17.1 Å². The van der Waals surface area contributed by atoms with Gasteiger partial charge in [-0.1, -0.05) is 6.92 Å². The van der Waals surface area contributed by atoms with Gasteiger partial charge < -0.3 is 10.6 Å². The average Bonchev–Trinajstić information content (AvgIpc) is 2.50. The summed E-state index contributed by atoms with van der Waals surface area (Å²) in [6.45, 7) is 5.77. The third kappa shape index (κ3) is 2.79. The number of nitrogens with zero attached hydrogens (tertiary/aromatic N) is 1. The van der Waals surface area contributed by atoms with E-state index in [9.17, 15) is 9.59 Å². The zero-order valence-electron chi connectivity index (χ0n) is 12.3. The summed E-state index contributed by atoms with van der Waals surface area (Å²) in [6, 6.07) is 7.39. The van der Waals surface area contributed by atoms with Crippen molar-refractivity contribution >= 4 is 17.1 Å². The molecule has 2 aromatic carbocycles. The molecule has 21 heavy (non-hydrogen) atoms. The van der Waals surface area contributed by atoms with E-state index < -0.39 is 10.9 Å². The number of nitrogens with one attached hydrogen (secondary N) is 2. The maximum atomic E-state index is 11.7. The van der Waals surface area contributed by atoms with Crippen LogP contribution in [-0.2, 0) is 0 Å². The highest BCUT2D eigenvalue weighted by Gasteiger charge is 2.22. The SMILES string of the molecule is CC[C@@H](C)Nc1c(Nc2ccc(C#N)c(C)c2)c(=O)c1=O. The van der Waals surface area contributed by atoms with E-state index >= 15 is 0 Å². The van der Waals surface area contributed by atoms with Crippen molar-refractivity contribution in [1.29, 1.82) is 5.26 Å². The van der Waals surface area contributed by atoms with Crippen molar-refractivity contribution in [2.24, 2.45) is 0 Å². The largest absolute Gasteiger partial charge is 0.378 e. The molecule has 0 saturated carbocycles. The second-order valence-corrected chi connectivity index (χ2v) is 5.13. The number of anilines is 3. The number of nitriles is 1. The van der Waals surface area contributed by atoms with E-state index in [0.29, 0.717) is 22.6 Å². The molecule has 0 radical (unpaired) electrons. The standard InChI is InChI=1S/C16H17N3O2/c1-4-10(3)18-13-14(16(21)15(13)20)19-12-6-5-11(8-17)9(2)7-12/h5-7,10,18-19H,4H2,1-3H3/t10-/m1/s1. The van der Waals surface area contributed by atoms with Gasteiger partial charge in [0.1, 0.15) is 11.4 Å². The highest BCUT2D eigenvalue weighted by molar-refractivity contribution is 5.79. The normalized spacial score (nSPS) is 11.9. The Hall–Kier alpha value is -2.61. The highest BCUT2D eigenvalue weighted by atomic mass is 16.2. The smallest absolute Gasteiger partial charge is 0.253 e.